The van der Waals surface area contributed by atoms with Gasteiger partial charge in [-0.3, -0.25) is 0 Å². The minimum Gasteiger partial charge on any atom is -0.396 e. The van der Waals surface area contributed by atoms with Gasteiger partial charge in [0, 0.05) is 18.8 Å². The fraction of sp³-hybridized carbons (Fsp3) is 0.538. The molecule has 0 fully saturated rings. The fourth-order valence-corrected chi connectivity index (χ4v) is 1.59. The summed E-state index contributed by atoms with van der Waals surface area (Å²) in [5, 5.41) is 12.1. The van der Waals surface area contributed by atoms with Crippen LogP contribution in [0.1, 0.15) is 32.8 Å². The third-order valence-corrected chi connectivity index (χ3v) is 2.39. The van der Waals surface area contributed by atoms with Crippen LogP contribution in [0.2, 0.25) is 0 Å². The smallest absolute Gasteiger partial charge is 0.0447 e. The van der Waals surface area contributed by atoms with E-state index in [-0.39, 0.29) is 12.0 Å². The molecular formula is C13H21NO. The highest BCUT2D eigenvalue weighted by atomic mass is 16.3. The van der Waals surface area contributed by atoms with E-state index >= 15 is 0 Å². The summed E-state index contributed by atoms with van der Waals surface area (Å²) in [5.41, 5.74) is 2.66. The second-order valence-electron chi connectivity index (χ2n) is 4.80. The van der Waals surface area contributed by atoms with Gasteiger partial charge in [0.2, 0.25) is 0 Å². The summed E-state index contributed by atoms with van der Waals surface area (Å²) in [7, 11) is 0. The molecule has 2 heteroatoms. The average molecular weight is 207 g/mol. The highest BCUT2D eigenvalue weighted by Crippen LogP contribution is 2.28. The molecule has 0 unspecified atom stereocenters. The van der Waals surface area contributed by atoms with E-state index in [0.717, 1.165) is 13.0 Å². The molecule has 0 heterocycles. The largest absolute Gasteiger partial charge is 0.396 e. The number of aliphatic hydroxyl groups is 1. The van der Waals surface area contributed by atoms with Crippen LogP contribution >= 0.6 is 0 Å². The van der Waals surface area contributed by atoms with E-state index in [1.54, 1.807) is 0 Å². The number of hydrogen-bond acceptors (Lipinski definition) is 2. The molecule has 0 aliphatic rings. The molecule has 0 bridgehead atoms. The third-order valence-electron chi connectivity index (χ3n) is 2.39. The van der Waals surface area contributed by atoms with Gasteiger partial charge in [-0.1, -0.05) is 39.0 Å². The van der Waals surface area contributed by atoms with E-state index in [2.05, 4.69) is 44.3 Å². The maximum absolute atomic E-state index is 8.73. The zero-order valence-corrected chi connectivity index (χ0v) is 9.88. The van der Waals surface area contributed by atoms with Gasteiger partial charge in [0.15, 0.2) is 0 Å². The lowest BCUT2D eigenvalue weighted by Gasteiger charge is -2.23. The second kappa shape index (κ2) is 5.17. The summed E-state index contributed by atoms with van der Waals surface area (Å²) in [6.07, 6.45) is 0.790. The van der Waals surface area contributed by atoms with Gasteiger partial charge in [0.1, 0.15) is 0 Å². The Balaban J connectivity index is 2.78. The molecule has 0 radical (unpaired) electrons. The normalized spacial score (nSPS) is 11.5. The molecule has 2 nitrogen and oxygen atoms in total. The highest BCUT2D eigenvalue weighted by molar-refractivity contribution is 5.54. The lowest BCUT2D eigenvalue weighted by Crippen LogP contribution is -2.15. The minimum atomic E-state index is 0.156. The van der Waals surface area contributed by atoms with E-state index in [1.807, 2.05) is 6.07 Å². The first-order valence-corrected chi connectivity index (χ1v) is 5.50. The van der Waals surface area contributed by atoms with Gasteiger partial charge in [-0.25, -0.2) is 0 Å². The number of nitrogens with one attached hydrogen (secondary N) is 1. The van der Waals surface area contributed by atoms with Gasteiger partial charge < -0.3 is 10.4 Å². The van der Waals surface area contributed by atoms with Crippen molar-refractivity contribution in [3.05, 3.63) is 29.8 Å². The van der Waals surface area contributed by atoms with Crippen molar-refractivity contribution in [2.75, 3.05) is 18.5 Å². The van der Waals surface area contributed by atoms with Crippen molar-refractivity contribution in [3.8, 4) is 0 Å². The van der Waals surface area contributed by atoms with Crippen LogP contribution in [0.15, 0.2) is 24.3 Å². The summed E-state index contributed by atoms with van der Waals surface area (Å²) in [4.78, 5) is 0. The monoisotopic (exact) mass is 207 g/mol. The van der Waals surface area contributed by atoms with Crippen LogP contribution in [0.3, 0.4) is 0 Å². The van der Waals surface area contributed by atoms with Crippen molar-refractivity contribution in [2.24, 2.45) is 0 Å². The number of rotatable bonds is 4. The Morgan fingerprint density at radius 3 is 2.47 bits per heavy atom. The molecule has 2 N–H and O–H groups in total. The van der Waals surface area contributed by atoms with Crippen molar-refractivity contribution < 1.29 is 5.11 Å². The maximum Gasteiger partial charge on any atom is 0.0447 e. The lowest BCUT2D eigenvalue weighted by atomic mass is 9.86. The van der Waals surface area contributed by atoms with E-state index < -0.39 is 0 Å². The van der Waals surface area contributed by atoms with Crippen molar-refractivity contribution in [2.45, 2.75) is 32.6 Å². The van der Waals surface area contributed by atoms with Crippen LogP contribution in [0.5, 0.6) is 0 Å². The molecule has 0 aliphatic heterocycles. The zero-order chi connectivity index (χ0) is 11.3. The summed E-state index contributed by atoms with van der Waals surface area (Å²) in [6, 6.07) is 8.35. The summed E-state index contributed by atoms with van der Waals surface area (Å²) in [6.45, 7) is 7.69. The Morgan fingerprint density at radius 1 is 1.20 bits per heavy atom. The summed E-state index contributed by atoms with van der Waals surface area (Å²) in [5.74, 6) is 0. The van der Waals surface area contributed by atoms with Crippen molar-refractivity contribution in [1.82, 2.24) is 0 Å². The number of anilines is 1. The van der Waals surface area contributed by atoms with Gasteiger partial charge in [0.05, 0.1) is 0 Å². The van der Waals surface area contributed by atoms with Crippen molar-refractivity contribution in [1.29, 1.82) is 0 Å². The maximum atomic E-state index is 8.73. The van der Waals surface area contributed by atoms with Crippen LogP contribution < -0.4 is 5.32 Å². The molecule has 0 aromatic heterocycles. The molecule has 1 aromatic carbocycles. The topological polar surface area (TPSA) is 32.3 Å². The number of aliphatic hydroxyl groups excluding tert-OH is 1. The van der Waals surface area contributed by atoms with Gasteiger partial charge in [-0.2, -0.15) is 0 Å². The molecule has 15 heavy (non-hydrogen) atoms. The predicted molar refractivity (Wildman–Crippen MR) is 65.3 cm³/mol. The Labute approximate surface area is 92.3 Å². The number of hydrogen-bond donors (Lipinski definition) is 2. The fourth-order valence-electron chi connectivity index (χ4n) is 1.59. The van der Waals surface area contributed by atoms with E-state index in [0.29, 0.717) is 0 Å². The molecule has 0 saturated heterocycles. The Hall–Kier alpha value is -1.02. The first-order valence-electron chi connectivity index (χ1n) is 5.50. The predicted octanol–water partition coefficient (Wildman–Crippen LogP) is 2.78. The third kappa shape index (κ3) is 3.56. The van der Waals surface area contributed by atoms with Crippen LogP contribution in [0.25, 0.3) is 0 Å². The van der Waals surface area contributed by atoms with E-state index in [4.69, 9.17) is 5.11 Å². The summed E-state index contributed by atoms with van der Waals surface area (Å²) < 4.78 is 0. The molecule has 0 atom stereocenters. The van der Waals surface area contributed by atoms with Gasteiger partial charge in [-0.05, 0) is 23.5 Å². The number of benzene rings is 1. The molecular weight excluding hydrogens is 186 g/mol. The Kier molecular flexibility index (Phi) is 4.15. The van der Waals surface area contributed by atoms with Crippen LogP contribution in [-0.4, -0.2) is 18.3 Å². The van der Waals surface area contributed by atoms with Gasteiger partial charge in [-0.15, -0.1) is 0 Å². The van der Waals surface area contributed by atoms with Crippen molar-refractivity contribution >= 4 is 5.69 Å². The molecule has 0 saturated carbocycles. The van der Waals surface area contributed by atoms with E-state index in [1.165, 1.54) is 11.3 Å². The molecule has 84 valence electrons. The molecule has 0 spiro atoms. The van der Waals surface area contributed by atoms with Crippen LogP contribution in [-0.2, 0) is 5.41 Å². The lowest BCUT2D eigenvalue weighted by molar-refractivity contribution is 0.292. The molecule has 0 aliphatic carbocycles. The Bertz CT molecular complexity index is 302. The SMILES string of the molecule is CC(C)(C)c1ccccc1NCCCO. The highest BCUT2D eigenvalue weighted by Gasteiger charge is 2.16. The van der Waals surface area contributed by atoms with E-state index in [9.17, 15) is 0 Å². The number of para-hydroxylation sites is 1. The van der Waals surface area contributed by atoms with Crippen LogP contribution in [0, 0.1) is 0 Å². The Morgan fingerprint density at radius 2 is 1.87 bits per heavy atom. The van der Waals surface area contributed by atoms with Gasteiger partial charge >= 0.3 is 0 Å². The van der Waals surface area contributed by atoms with Crippen LogP contribution in [0.4, 0.5) is 5.69 Å². The molecule has 1 aromatic rings. The van der Waals surface area contributed by atoms with Crippen molar-refractivity contribution in [3.63, 3.8) is 0 Å². The second-order valence-corrected chi connectivity index (χ2v) is 4.80. The molecule has 0 amide bonds. The summed E-state index contributed by atoms with van der Waals surface area (Å²) >= 11 is 0. The first-order chi connectivity index (χ1) is 7.05. The minimum absolute atomic E-state index is 0.156. The first kappa shape index (κ1) is 12.1. The quantitative estimate of drug-likeness (QED) is 0.744. The zero-order valence-electron chi connectivity index (χ0n) is 9.88. The average Bonchev–Trinajstić information content (AvgIpc) is 2.17. The van der Waals surface area contributed by atoms with Gasteiger partial charge in [0.25, 0.3) is 0 Å². The molecule has 1 rings (SSSR count). The standard InChI is InChI=1S/C13H21NO/c1-13(2,3)11-7-4-5-8-12(11)14-9-6-10-15/h4-5,7-8,14-15H,6,9-10H2,1-3H3.